The lowest BCUT2D eigenvalue weighted by molar-refractivity contribution is -0.384. The third-order valence-electron chi connectivity index (χ3n) is 4.16. The highest BCUT2D eigenvalue weighted by Crippen LogP contribution is 2.40. The van der Waals surface area contributed by atoms with Gasteiger partial charge in [0.25, 0.3) is 5.69 Å². The van der Waals surface area contributed by atoms with Crippen molar-refractivity contribution in [2.45, 2.75) is 0 Å². The molecule has 2 aromatic carbocycles. The van der Waals surface area contributed by atoms with Gasteiger partial charge in [0.05, 0.1) is 26.3 Å². The molecule has 1 heterocycles. The summed E-state index contributed by atoms with van der Waals surface area (Å²) in [6, 6.07) is 9.43. The SMILES string of the molecule is COc1ccc(/C=C2N=C(/C=C/c3cccc([N+](=O)[O-])c3)OC\2=O)c(OC)c1OC. The van der Waals surface area contributed by atoms with Crippen LogP contribution in [0.3, 0.4) is 0 Å². The van der Waals surface area contributed by atoms with Crippen LogP contribution in [0.5, 0.6) is 17.2 Å². The number of rotatable bonds is 7. The summed E-state index contributed by atoms with van der Waals surface area (Å²) in [7, 11) is 4.47. The van der Waals surface area contributed by atoms with Crippen LogP contribution in [-0.4, -0.2) is 38.1 Å². The highest BCUT2D eigenvalue weighted by molar-refractivity contribution is 6.11. The first-order chi connectivity index (χ1) is 14.5. The van der Waals surface area contributed by atoms with Gasteiger partial charge >= 0.3 is 5.97 Å². The number of aliphatic imine (C=N–C) groups is 1. The molecular weight excluding hydrogens is 392 g/mol. The second-order valence-corrected chi connectivity index (χ2v) is 5.98. The highest BCUT2D eigenvalue weighted by atomic mass is 16.6. The van der Waals surface area contributed by atoms with Crippen LogP contribution in [-0.2, 0) is 9.53 Å². The Bertz CT molecular complexity index is 1090. The summed E-state index contributed by atoms with van der Waals surface area (Å²) in [5.74, 6) is 0.681. The minimum absolute atomic E-state index is 0.0383. The second kappa shape index (κ2) is 8.91. The maximum atomic E-state index is 12.2. The zero-order valence-electron chi connectivity index (χ0n) is 16.4. The summed E-state index contributed by atoms with van der Waals surface area (Å²) < 4.78 is 21.1. The average Bonchev–Trinajstić information content (AvgIpc) is 3.11. The van der Waals surface area contributed by atoms with Gasteiger partial charge in [-0.25, -0.2) is 9.79 Å². The maximum Gasteiger partial charge on any atom is 0.363 e. The van der Waals surface area contributed by atoms with E-state index in [1.54, 1.807) is 30.3 Å². The predicted octanol–water partition coefficient (Wildman–Crippen LogP) is 3.63. The summed E-state index contributed by atoms with van der Waals surface area (Å²) in [4.78, 5) is 26.7. The number of non-ortho nitro benzene ring substituents is 1. The molecule has 0 spiro atoms. The Labute approximate surface area is 172 Å². The molecule has 9 nitrogen and oxygen atoms in total. The fourth-order valence-electron chi connectivity index (χ4n) is 2.79. The summed E-state index contributed by atoms with van der Waals surface area (Å²) in [5.41, 5.74) is 1.15. The minimum Gasteiger partial charge on any atom is -0.493 e. The summed E-state index contributed by atoms with van der Waals surface area (Å²) >= 11 is 0. The van der Waals surface area contributed by atoms with Gasteiger partial charge in [-0.15, -0.1) is 0 Å². The van der Waals surface area contributed by atoms with Crippen molar-refractivity contribution in [2.75, 3.05) is 21.3 Å². The number of methoxy groups -OCH3 is 3. The Morgan fingerprint density at radius 3 is 2.47 bits per heavy atom. The molecule has 0 saturated carbocycles. The molecule has 0 saturated heterocycles. The zero-order valence-corrected chi connectivity index (χ0v) is 16.4. The number of benzene rings is 2. The molecule has 154 valence electrons. The molecule has 0 N–H and O–H groups in total. The predicted molar refractivity (Wildman–Crippen MR) is 110 cm³/mol. The average molecular weight is 410 g/mol. The van der Waals surface area contributed by atoms with Crippen molar-refractivity contribution in [3.05, 3.63) is 69.4 Å². The van der Waals surface area contributed by atoms with Crippen LogP contribution in [0.25, 0.3) is 12.2 Å². The van der Waals surface area contributed by atoms with Crippen molar-refractivity contribution in [3.63, 3.8) is 0 Å². The Balaban J connectivity index is 1.90. The molecule has 0 aromatic heterocycles. The van der Waals surface area contributed by atoms with E-state index in [0.29, 0.717) is 28.4 Å². The summed E-state index contributed by atoms with van der Waals surface area (Å²) in [6.07, 6.45) is 4.54. The minimum atomic E-state index is -0.634. The number of carbonyl (C=O) groups is 1. The Hall–Kier alpha value is -4.14. The monoisotopic (exact) mass is 410 g/mol. The number of nitro benzene ring substituents is 1. The number of nitrogens with zero attached hydrogens (tertiary/aromatic N) is 2. The zero-order chi connectivity index (χ0) is 21.7. The molecule has 2 aromatic rings. The summed E-state index contributed by atoms with van der Waals surface area (Å²) in [6.45, 7) is 0. The molecule has 0 aliphatic carbocycles. The number of carbonyl (C=O) groups excluding carboxylic acids is 1. The van der Waals surface area contributed by atoms with Crippen LogP contribution < -0.4 is 14.2 Å². The number of nitro groups is 1. The van der Waals surface area contributed by atoms with E-state index in [-0.39, 0.29) is 17.3 Å². The van der Waals surface area contributed by atoms with Gasteiger partial charge in [0, 0.05) is 23.8 Å². The third-order valence-corrected chi connectivity index (χ3v) is 4.16. The lowest BCUT2D eigenvalue weighted by Gasteiger charge is -2.14. The lowest BCUT2D eigenvalue weighted by atomic mass is 10.1. The number of hydrogen-bond acceptors (Lipinski definition) is 8. The van der Waals surface area contributed by atoms with E-state index in [9.17, 15) is 14.9 Å². The van der Waals surface area contributed by atoms with Gasteiger partial charge in [-0.3, -0.25) is 10.1 Å². The van der Waals surface area contributed by atoms with Gasteiger partial charge in [-0.05, 0) is 29.8 Å². The first-order valence-electron chi connectivity index (χ1n) is 8.71. The van der Waals surface area contributed by atoms with Crippen molar-refractivity contribution < 1.29 is 28.7 Å². The van der Waals surface area contributed by atoms with E-state index >= 15 is 0 Å². The molecule has 0 amide bonds. The third kappa shape index (κ3) is 4.30. The number of ether oxygens (including phenoxy) is 4. The molecule has 0 radical (unpaired) electrons. The van der Waals surface area contributed by atoms with Crippen LogP contribution in [0.1, 0.15) is 11.1 Å². The largest absolute Gasteiger partial charge is 0.493 e. The Morgan fingerprint density at radius 1 is 1.03 bits per heavy atom. The molecular formula is C21H18N2O7. The Kier molecular flexibility index (Phi) is 6.11. The molecule has 1 aliphatic heterocycles. The smallest absolute Gasteiger partial charge is 0.363 e. The van der Waals surface area contributed by atoms with Crippen LogP contribution >= 0.6 is 0 Å². The first kappa shape index (κ1) is 20.6. The van der Waals surface area contributed by atoms with Gasteiger partial charge in [-0.1, -0.05) is 12.1 Å². The fourth-order valence-corrected chi connectivity index (χ4v) is 2.79. The molecule has 0 bridgehead atoms. The normalized spacial score (nSPS) is 14.6. The van der Waals surface area contributed by atoms with Crippen LogP contribution in [0.2, 0.25) is 0 Å². The summed E-state index contributed by atoms with van der Waals surface area (Å²) in [5, 5.41) is 10.9. The van der Waals surface area contributed by atoms with Crippen LogP contribution in [0, 0.1) is 10.1 Å². The van der Waals surface area contributed by atoms with Gasteiger partial charge in [0.1, 0.15) is 0 Å². The van der Waals surface area contributed by atoms with E-state index in [1.165, 1.54) is 45.6 Å². The Morgan fingerprint density at radius 2 is 1.80 bits per heavy atom. The topological polar surface area (TPSA) is 109 Å². The van der Waals surface area contributed by atoms with Gasteiger partial charge in [0.2, 0.25) is 11.6 Å². The van der Waals surface area contributed by atoms with Crippen LogP contribution in [0.4, 0.5) is 5.69 Å². The second-order valence-electron chi connectivity index (χ2n) is 5.98. The van der Waals surface area contributed by atoms with Crippen molar-refractivity contribution >= 4 is 29.7 Å². The fraction of sp³-hybridized carbons (Fsp3) is 0.143. The maximum absolute atomic E-state index is 12.2. The van der Waals surface area contributed by atoms with E-state index in [2.05, 4.69) is 4.99 Å². The van der Waals surface area contributed by atoms with Crippen molar-refractivity contribution in [2.24, 2.45) is 4.99 Å². The molecule has 1 aliphatic rings. The first-order valence-corrected chi connectivity index (χ1v) is 8.71. The van der Waals surface area contributed by atoms with Crippen LogP contribution in [0.15, 0.2) is 53.2 Å². The van der Waals surface area contributed by atoms with E-state index in [0.717, 1.165) is 0 Å². The number of esters is 1. The van der Waals surface area contributed by atoms with Gasteiger partial charge in [-0.2, -0.15) is 0 Å². The molecule has 30 heavy (non-hydrogen) atoms. The number of cyclic esters (lactones) is 1. The van der Waals surface area contributed by atoms with Gasteiger partial charge in [0.15, 0.2) is 17.2 Å². The molecule has 0 unspecified atom stereocenters. The van der Waals surface area contributed by atoms with E-state index in [1.807, 2.05) is 0 Å². The van der Waals surface area contributed by atoms with Gasteiger partial charge < -0.3 is 18.9 Å². The molecule has 0 fully saturated rings. The van der Waals surface area contributed by atoms with Crippen molar-refractivity contribution in [3.8, 4) is 17.2 Å². The van der Waals surface area contributed by atoms with Crippen molar-refractivity contribution in [1.82, 2.24) is 0 Å². The highest BCUT2D eigenvalue weighted by Gasteiger charge is 2.23. The molecule has 9 heteroatoms. The van der Waals surface area contributed by atoms with Crippen molar-refractivity contribution in [1.29, 1.82) is 0 Å². The molecule has 3 rings (SSSR count). The number of hydrogen-bond donors (Lipinski definition) is 0. The van der Waals surface area contributed by atoms with E-state index in [4.69, 9.17) is 18.9 Å². The quantitative estimate of drug-likeness (QED) is 0.297. The standard InChI is InChI=1S/C21H18N2O7/c1-27-17-9-8-14(19(28-2)20(17)29-3)12-16-21(24)30-18(22-16)10-7-13-5-4-6-15(11-13)23(25)26/h4-12H,1-3H3/b10-7+,16-12-. The lowest BCUT2D eigenvalue weighted by Crippen LogP contribution is -2.01. The van der Waals surface area contributed by atoms with E-state index < -0.39 is 10.9 Å². The molecule has 0 atom stereocenters.